The fourth-order valence-corrected chi connectivity index (χ4v) is 11.3. The van der Waals surface area contributed by atoms with Gasteiger partial charge in [0.25, 0.3) is 0 Å². The molecule has 0 bridgehead atoms. The summed E-state index contributed by atoms with van der Waals surface area (Å²) in [6.07, 6.45) is 8.50. The highest BCUT2D eigenvalue weighted by Gasteiger charge is 2.19. The van der Waals surface area contributed by atoms with Gasteiger partial charge in [0.05, 0.1) is 27.5 Å². The molecule has 14 rings (SSSR count). The molecule has 7 heteroatoms. The van der Waals surface area contributed by atoms with Gasteiger partial charge in [0.1, 0.15) is 11.2 Å². The van der Waals surface area contributed by atoms with Crippen molar-refractivity contribution in [3.8, 4) is 44.6 Å². The molecular weight excluding hydrogens is 935 g/mol. The quantitative estimate of drug-likeness (QED) is 0.0994. The Morgan fingerprint density at radius 3 is 1.34 bits per heavy atom. The second-order valence-electron chi connectivity index (χ2n) is 19.7. The first-order chi connectivity index (χ1) is 37.5. The Balaban J connectivity index is 0.893. The van der Waals surface area contributed by atoms with Crippen LogP contribution in [-0.2, 0) is 25.7 Å². The molecule has 0 spiro atoms. The maximum Gasteiger partial charge on any atom is 0.345 e. The zero-order valence-electron chi connectivity index (χ0n) is 41.2. The van der Waals surface area contributed by atoms with Crippen LogP contribution in [0.25, 0.3) is 121 Å². The van der Waals surface area contributed by atoms with Crippen LogP contribution in [0.2, 0.25) is 0 Å². The normalized spacial score (nSPS) is 11.7. The summed E-state index contributed by atoms with van der Waals surface area (Å²) in [6.45, 7) is 0. The lowest BCUT2D eigenvalue weighted by Crippen LogP contribution is -2.04. The van der Waals surface area contributed by atoms with E-state index in [1.807, 2.05) is 73.2 Å². The smallest absolute Gasteiger partial charge is 0.345 e. The number of fused-ring (bicyclic) bond motifs is 12. The molecule has 9 aromatic carbocycles. The van der Waals surface area contributed by atoms with Gasteiger partial charge in [0.15, 0.2) is 0 Å². The molecule has 0 aliphatic rings. The van der Waals surface area contributed by atoms with Gasteiger partial charge in [-0.25, -0.2) is 9.59 Å². The van der Waals surface area contributed by atoms with E-state index in [-0.39, 0.29) is 0 Å². The van der Waals surface area contributed by atoms with E-state index in [0.717, 1.165) is 77.7 Å². The largest absolute Gasteiger partial charge is 0.422 e. The Bertz CT molecular complexity index is 4580. The molecule has 0 aliphatic carbocycles. The van der Waals surface area contributed by atoms with E-state index in [0.29, 0.717) is 58.7 Å². The molecule has 5 heterocycles. The van der Waals surface area contributed by atoms with Gasteiger partial charge in [-0.3, -0.25) is 15.0 Å². The zero-order chi connectivity index (χ0) is 50.7. The van der Waals surface area contributed by atoms with E-state index >= 15 is 0 Å². The number of para-hydroxylation sites is 2. The number of aromatic nitrogens is 3. The van der Waals surface area contributed by atoms with Crippen molar-refractivity contribution < 1.29 is 8.83 Å². The summed E-state index contributed by atoms with van der Waals surface area (Å²) in [6, 6.07) is 71.4. The van der Waals surface area contributed by atoms with Gasteiger partial charge in [-0.2, -0.15) is 0 Å². The van der Waals surface area contributed by atoms with Crippen molar-refractivity contribution in [2.75, 3.05) is 0 Å². The minimum atomic E-state index is -0.394. The van der Waals surface area contributed by atoms with Crippen LogP contribution < -0.4 is 11.3 Å². The molecule has 5 aromatic heterocycles. The lowest BCUT2D eigenvalue weighted by atomic mass is 9.86. The SMILES string of the molecule is O=c1oc2ccccc2c2ncc(CCc3cc(CCc4cnc5c(c4)c(=O)oc4ccccc45)cc(-c4ccccc4-c4cnc(-c5ccccc5)cc4-c4ccc5c6ccccc6c6ccccc6c5c4)c3)cc12. The number of hydrogen-bond donors (Lipinski definition) is 0. The topological polar surface area (TPSA) is 99.1 Å². The maximum absolute atomic E-state index is 13.3. The van der Waals surface area contributed by atoms with Crippen LogP contribution in [0.3, 0.4) is 0 Å². The molecule has 7 nitrogen and oxygen atoms in total. The van der Waals surface area contributed by atoms with Crippen LogP contribution in [0, 0.1) is 0 Å². The third-order valence-electron chi connectivity index (χ3n) is 15.0. The van der Waals surface area contributed by atoms with Crippen molar-refractivity contribution in [2.24, 2.45) is 0 Å². The van der Waals surface area contributed by atoms with Gasteiger partial charge in [-0.05, 0) is 157 Å². The predicted molar refractivity (Wildman–Crippen MR) is 309 cm³/mol. The Kier molecular flexibility index (Phi) is 11.0. The van der Waals surface area contributed by atoms with E-state index < -0.39 is 11.3 Å². The van der Waals surface area contributed by atoms with Crippen molar-refractivity contribution >= 4 is 76.1 Å². The fourth-order valence-electron chi connectivity index (χ4n) is 11.3. The molecule has 0 saturated carbocycles. The standard InChI is InChI=1S/C69H45N3O4/c73-68-60-35-44(39-71-66(60)56-22-10-12-24-64(56)75-68)28-26-42-32-43(27-29-45-36-61-67(72-40-45)57-23-11-13-25-65(57)76-69(61)74)34-48(33-42)49-16-4-5-17-50(49)62-41-70-63(46-14-2-1-3-15-46)38-58(62)47-30-31-55-53-20-7-6-18-51(53)52-19-8-9-21-54(52)59(55)37-47/h1-25,30-41H,26-29H2. The van der Waals surface area contributed by atoms with Crippen LogP contribution in [-0.4, -0.2) is 15.0 Å². The molecular formula is C69H45N3O4. The summed E-state index contributed by atoms with van der Waals surface area (Å²) >= 11 is 0. The van der Waals surface area contributed by atoms with Crippen molar-refractivity contribution in [1.29, 1.82) is 0 Å². The summed E-state index contributed by atoms with van der Waals surface area (Å²) < 4.78 is 11.4. The third kappa shape index (κ3) is 7.97. The van der Waals surface area contributed by atoms with E-state index in [1.54, 1.807) is 12.1 Å². The fraction of sp³-hybridized carbons (Fsp3) is 0.0580. The Hall–Kier alpha value is -9.85. The van der Waals surface area contributed by atoms with Crippen LogP contribution in [0.5, 0.6) is 0 Å². The average molecular weight is 980 g/mol. The van der Waals surface area contributed by atoms with Gasteiger partial charge in [0, 0.05) is 40.5 Å². The lowest BCUT2D eigenvalue weighted by molar-refractivity contribution is 0.569. The van der Waals surface area contributed by atoms with Crippen molar-refractivity contribution in [3.63, 3.8) is 0 Å². The van der Waals surface area contributed by atoms with Gasteiger partial charge in [0.2, 0.25) is 0 Å². The minimum Gasteiger partial charge on any atom is -0.422 e. The van der Waals surface area contributed by atoms with Crippen LogP contribution in [0.15, 0.2) is 243 Å². The van der Waals surface area contributed by atoms with Crippen LogP contribution in [0.4, 0.5) is 0 Å². The Morgan fingerprint density at radius 1 is 0.289 bits per heavy atom. The molecule has 0 atom stereocenters. The van der Waals surface area contributed by atoms with Crippen molar-refractivity contribution in [2.45, 2.75) is 25.7 Å². The van der Waals surface area contributed by atoms with Gasteiger partial charge in [-0.1, -0.05) is 158 Å². The second kappa shape index (κ2) is 18.6. The molecule has 0 saturated heterocycles. The van der Waals surface area contributed by atoms with Crippen molar-refractivity contribution in [1.82, 2.24) is 15.0 Å². The first-order valence-electron chi connectivity index (χ1n) is 25.7. The number of aryl methyl sites for hydroxylation is 4. The third-order valence-corrected chi connectivity index (χ3v) is 15.0. The monoisotopic (exact) mass is 979 g/mol. The van der Waals surface area contributed by atoms with Crippen LogP contribution in [0.1, 0.15) is 22.3 Å². The first-order valence-corrected chi connectivity index (χ1v) is 25.7. The molecule has 360 valence electrons. The van der Waals surface area contributed by atoms with E-state index in [1.165, 1.54) is 32.3 Å². The van der Waals surface area contributed by atoms with Gasteiger partial charge < -0.3 is 8.83 Å². The van der Waals surface area contributed by atoms with E-state index in [4.69, 9.17) is 23.8 Å². The second-order valence-corrected chi connectivity index (χ2v) is 19.7. The number of benzene rings is 9. The molecule has 0 aliphatic heterocycles. The molecule has 14 aromatic rings. The molecule has 0 N–H and O–H groups in total. The number of pyridine rings is 3. The Morgan fingerprint density at radius 2 is 0.763 bits per heavy atom. The zero-order valence-corrected chi connectivity index (χ0v) is 41.2. The van der Waals surface area contributed by atoms with Crippen molar-refractivity contribution in [3.05, 3.63) is 268 Å². The summed E-state index contributed by atoms with van der Waals surface area (Å²) in [5.74, 6) is 0. The highest BCUT2D eigenvalue weighted by molar-refractivity contribution is 6.26. The summed E-state index contributed by atoms with van der Waals surface area (Å²) in [5.41, 5.74) is 14.1. The molecule has 0 radical (unpaired) electrons. The van der Waals surface area contributed by atoms with E-state index in [2.05, 4.69) is 140 Å². The van der Waals surface area contributed by atoms with Crippen LogP contribution >= 0.6 is 0 Å². The van der Waals surface area contributed by atoms with Gasteiger partial charge in [-0.15, -0.1) is 0 Å². The molecule has 0 unspecified atom stereocenters. The number of rotatable bonds is 10. The minimum absolute atomic E-state index is 0.394. The first kappa shape index (κ1) is 44.8. The summed E-state index contributed by atoms with van der Waals surface area (Å²) in [4.78, 5) is 41.4. The molecule has 76 heavy (non-hydrogen) atoms. The molecule has 0 fully saturated rings. The highest BCUT2D eigenvalue weighted by atomic mass is 16.4. The summed E-state index contributed by atoms with van der Waals surface area (Å²) in [5, 5.41) is 9.92. The average Bonchev–Trinajstić information content (AvgIpc) is 3.55. The highest BCUT2D eigenvalue weighted by Crippen LogP contribution is 2.43. The number of nitrogens with zero attached hydrogens (tertiary/aromatic N) is 3. The maximum atomic E-state index is 13.3. The molecule has 0 amide bonds. The lowest BCUT2D eigenvalue weighted by Gasteiger charge is -2.18. The number of hydrogen-bond acceptors (Lipinski definition) is 7. The Labute approximate surface area is 436 Å². The van der Waals surface area contributed by atoms with Gasteiger partial charge >= 0.3 is 11.3 Å². The summed E-state index contributed by atoms with van der Waals surface area (Å²) in [7, 11) is 0. The predicted octanol–water partition coefficient (Wildman–Crippen LogP) is 16.1. The van der Waals surface area contributed by atoms with E-state index in [9.17, 15) is 9.59 Å².